The van der Waals surface area contributed by atoms with E-state index in [4.69, 9.17) is 0 Å². The number of halogens is 4. The second kappa shape index (κ2) is 7.70. The molecule has 3 aromatic rings. The lowest BCUT2D eigenvalue weighted by atomic mass is 9.98. The van der Waals surface area contributed by atoms with Crippen molar-refractivity contribution in [1.29, 1.82) is 0 Å². The van der Waals surface area contributed by atoms with Crippen LogP contribution in [0.5, 0.6) is 0 Å². The van der Waals surface area contributed by atoms with Gasteiger partial charge in [0.05, 0.1) is 12.2 Å². The van der Waals surface area contributed by atoms with Gasteiger partial charge in [-0.1, -0.05) is 18.2 Å². The Morgan fingerprint density at radius 2 is 1.80 bits per heavy atom. The first-order valence-electron chi connectivity index (χ1n) is 9.35. The van der Waals surface area contributed by atoms with Crippen molar-refractivity contribution in [2.75, 3.05) is 12.4 Å². The Balaban J connectivity index is 1.81. The average Bonchev–Trinajstić information content (AvgIpc) is 3.01. The van der Waals surface area contributed by atoms with E-state index in [0.29, 0.717) is 35.7 Å². The van der Waals surface area contributed by atoms with Crippen LogP contribution < -0.4 is 0 Å². The number of hydrogen-bond acceptors (Lipinski definition) is 4. The predicted octanol–water partition coefficient (Wildman–Crippen LogP) is 4.81. The lowest BCUT2D eigenvalue weighted by Crippen LogP contribution is -2.28. The van der Waals surface area contributed by atoms with E-state index >= 15 is 0 Å². The maximum absolute atomic E-state index is 13.9. The van der Waals surface area contributed by atoms with Gasteiger partial charge in [-0.15, -0.1) is 10.2 Å². The number of hydrogen-bond donors (Lipinski definition) is 1. The van der Waals surface area contributed by atoms with Crippen LogP contribution >= 0.6 is 11.8 Å². The fraction of sp³-hybridized carbons (Fsp3) is 0.333. The smallest absolute Gasteiger partial charge is 0.395 e. The van der Waals surface area contributed by atoms with E-state index in [-0.39, 0.29) is 18.0 Å². The van der Waals surface area contributed by atoms with E-state index < -0.39 is 22.3 Å². The molecule has 4 nitrogen and oxygen atoms in total. The first-order chi connectivity index (χ1) is 14.2. The van der Waals surface area contributed by atoms with Crippen molar-refractivity contribution in [3.05, 3.63) is 59.7 Å². The Morgan fingerprint density at radius 1 is 1.10 bits per heavy atom. The zero-order valence-corrected chi connectivity index (χ0v) is 16.9. The number of thioether (sulfide) groups is 1. The highest BCUT2D eigenvalue weighted by atomic mass is 32.2. The molecule has 2 heterocycles. The van der Waals surface area contributed by atoms with Crippen LogP contribution in [0.1, 0.15) is 18.3 Å². The molecule has 1 aromatic heterocycles. The van der Waals surface area contributed by atoms with E-state index in [2.05, 4.69) is 10.2 Å². The highest BCUT2D eigenvalue weighted by Gasteiger charge is 2.37. The molecule has 0 aliphatic carbocycles. The van der Waals surface area contributed by atoms with Crippen LogP contribution in [0.15, 0.2) is 42.5 Å². The molecular weight excluding hydrogens is 418 g/mol. The van der Waals surface area contributed by atoms with Crippen molar-refractivity contribution >= 4 is 11.8 Å². The molecule has 2 aromatic carbocycles. The van der Waals surface area contributed by atoms with Gasteiger partial charge in [0.2, 0.25) is 0 Å². The van der Waals surface area contributed by atoms with Gasteiger partial charge in [-0.05, 0) is 42.3 Å². The van der Waals surface area contributed by atoms with Crippen LogP contribution in [0.25, 0.3) is 22.5 Å². The molecular formula is C21H19F4N3OS. The molecule has 158 valence electrons. The summed E-state index contributed by atoms with van der Waals surface area (Å²) in [6.07, 6.45) is -4.19. The lowest BCUT2D eigenvalue weighted by Gasteiger charge is -2.23. The SMILES string of the molecule is CC1(CO)Cc2nnc(-c3ccc(-c4ccc(F)cc4)cc3C(F)(F)F)n2CCS1. The molecule has 0 bridgehead atoms. The Kier molecular flexibility index (Phi) is 5.36. The van der Waals surface area contributed by atoms with Gasteiger partial charge in [0, 0.05) is 29.0 Å². The van der Waals surface area contributed by atoms with Crippen molar-refractivity contribution < 1.29 is 22.7 Å². The van der Waals surface area contributed by atoms with Gasteiger partial charge in [0.25, 0.3) is 0 Å². The summed E-state index contributed by atoms with van der Waals surface area (Å²) in [7, 11) is 0. The molecule has 0 amide bonds. The Labute approximate surface area is 175 Å². The van der Waals surface area contributed by atoms with Crippen molar-refractivity contribution in [3.8, 4) is 22.5 Å². The number of aliphatic hydroxyl groups excluding tert-OH is 1. The second-order valence-electron chi connectivity index (χ2n) is 7.49. The molecule has 1 N–H and O–H groups in total. The molecule has 9 heteroatoms. The lowest BCUT2D eigenvalue weighted by molar-refractivity contribution is -0.137. The third-order valence-electron chi connectivity index (χ3n) is 5.20. The predicted molar refractivity (Wildman–Crippen MR) is 108 cm³/mol. The fourth-order valence-corrected chi connectivity index (χ4v) is 4.66. The number of benzene rings is 2. The van der Waals surface area contributed by atoms with E-state index in [9.17, 15) is 22.7 Å². The Morgan fingerprint density at radius 3 is 2.47 bits per heavy atom. The highest BCUT2D eigenvalue weighted by Crippen LogP contribution is 2.40. The molecule has 0 saturated heterocycles. The maximum Gasteiger partial charge on any atom is 0.417 e. The topological polar surface area (TPSA) is 50.9 Å². The second-order valence-corrected chi connectivity index (χ2v) is 9.17. The van der Waals surface area contributed by atoms with Crippen molar-refractivity contribution in [2.24, 2.45) is 0 Å². The minimum absolute atomic E-state index is 0.0512. The quantitative estimate of drug-likeness (QED) is 0.598. The highest BCUT2D eigenvalue weighted by molar-refractivity contribution is 8.00. The van der Waals surface area contributed by atoms with Gasteiger partial charge < -0.3 is 9.67 Å². The maximum atomic E-state index is 13.9. The summed E-state index contributed by atoms with van der Waals surface area (Å²) >= 11 is 1.57. The summed E-state index contributed by atoms with van der Waals surface area (Å²) in [5.41, 5.74) is -0.0419. The van der Waals surface area contributed by atoms with Crippen molar-refractivity contribution in [2.45, 2.75) is 30.8 Å². The molecule has 1 unspecified atom stereocenters. The van der Waals surface area contributed by atoms with Gasteiger partial charge in [-0.3, -0.25) is 0 Å². The van der Waals surface area contributed by atoms with Crippen LogP contribution in [-0.2, 0) is 19.1 Å². The Hall–Kier alpha value is -2.39. The first kappa shape index (κ1) is 20.9. The largest absolute Gasteiger partial charge is 0.417 e. The van der Waals surface area contributed by atoms with E-state index in [1.807, 2.05) is 6.92 Å². The van der Waals surface area contributed by atoms with Crippen LogP contribution in [0.3, 0.4) is 0 Å². The zero-order valence-electron chi connectivity index (χ0n) is 16.1. The average molecular weight is 437 g/mol. The molecule has 1 aliphatic rings. The van der Waals surface area contributed by atoms with Gasteiger partial charge in [-0.25, -0.2) is 4.39 Å². The number of aliphatic hydroxyl groups is 1. The number of aromatic nitrogens is 3. The number of alkyl halides is 3. The summed E-state index contributed by atoms with van der Waals surface area (Å²) in [6, 6.07) is 9.34. The molecule has 0 radical (unpaired) electrons. The van der Waals surface area contributed by atoms with Gasteiger partial charge in [0.1, 0.15) is 11.6 Å². The minimum Gasteiger partial charge on any atom is -0.395 e. The van der Waals surface area contributed by atoms with E-state index in [1.165, 1.54) is 30.3 Å². The number of fused-ring (bicyclic) bond motifs is 1. The first-order valence-corrected chi connectivity index (χ1v) is 10.3. The van der Waals surface area contributed by atoms with Crippen molar-refractivity contribution in [1.82, 2.24) is 14.8 Å². The molecule has 30 heavy (non-hydrogen) atoms. The Bertz CT molecular complexity index is 1070. The molecule has 4 rings (SSSR count). The fourth-order valence-electron chi connectivity index (χ4n) is 3.57. The summed E-state index contributed by atoms with van der Waals surface area (Å²) in [6.45, 7) is 2.30. The monoisotopic (exact) mass is 437 g/mol. The van der Waals surface area contributed by atoms with Gasteiger partial charge >= 0.3 is 6.18 Å². The normalized spacial score (nSPS) is 19.4. The molecule has 1 atom stereocenters. The summed E-state index contributed by atoms with van der Waals surface area (Å²) < 4.78 is 56.2. The standard InChI is InChI=1S/C21H19F4N3OS/c1-20(12-29)11-18-26-27-19(28(18)8-9-30-20)16-7-4-14(10-17(16)21(23,24)25)13-2-5-15(22)6-3-13/h2-7,10,29H,8-9,11-12H2,1H3. The van der Waals surface area contributed by atoms with Gasteiger partial charge in [-0.2, -0.15) is 24.9 Å². The third-order valence-corrected chi connectivity index (χ3v) is 6.56. The molecule has 0 spiro atoms. The van der Waals surface area contributed by atoms with E-state index in [1.54, 1.807) is 22.4 Å². The summed E-state index contributed by atoms with van der Waals surface area (Å²) in [5.74, 6) is 0.891. The van der Waals surface area contributed by atoms with Gasteiger partial charge in [0.15, 0.2) is 5.82 Å². The molecule has 1 aliphatic heterocycles. The minimum atomic E-state index is -4.60. The molecule has 0 fully saturated rings. The van der Waals surface area contributed by atoms with Crippen LogP contribution in [0.2, 0.25) is 0 Å². The van der Waals surface area contributed by atoms with Crippen LogP contribution in [0, 0.1) is 5.82 Å². The summed E-state index contributed by atoms with van der Waals surface area (Å²) in [5, 5.41) is 17.9. The van der Waals surface area contributed by atoms with E-state index in [0.717, 1.165) is 6.07 Å². The van der Waals surface area contributed by atoms with Crippen LogP contribution in [-0.4, -0.2) is 37.0 Å². The van der Waals surface area contributed by atoms with Crippen LogP contribution in [0.4, 0.5) is 17.6 Å². The number of rotatable bonds is 3. The zero-order chi connectivity index (χ0) is 21.5. The number of nitrogens with zero attached hydrogens (tertiary/aromatic N) is 3. The molecule has 0 saturated carbocycles. The summed E-state index contributed by atoms with van der Waals surface area (Å²) in [4.78, 5) is 0. The third kappa shape index (κ3) is 3.96. The van der Waals surface area contributed by atoms with Crippen molar-refractivity contribution in [3.63, 3.8) is 0 Å².